The lowest BCUT2D eigenvalue weighted by atomic mass is 10.1. The normalized spacial score (nSPS) is 11.7. The minimum absolute atomic E-state index is 0.509. The Morgan fingerprint density at radius 2 is 2.00 bits per heavy atom. The Morgan fingerprint density at radius 3 is 2.81 bits per heavy atom. The highest BCUT2D eigenvalue weighted by Gasteiger charge is 2.03. The molecule has 0 aliphatic carbocycles. The predicted octanol–water partition coefficient (Wildman–Crippen LogP) is 2.96. The van der Waals surface area contributed by atoms with Crippen LogP contribution in [0.2, 0.25) is 0 Å². The van der Waals surface area contributed by atoms with Crippen LogP contribution in [-0.4, -0.2) is 39.6 Å². The zero-order valence-electron chi connectivity index (χ0n) is 15.9. The smallest absolute Gasteiger partial charge is 0.191 e. The van der Waals surface area contributed by atoms with Crippen molar-refractivity contribution in [3.8, 4) is 0 Å². The van der Waals surface area contributed by atoms with Crippen molar-refractivity contribution in [2.45, 2.75) is 19.2 Å². The van der Waals surface area contributed by atoms with Crippen LogP contribution in [0, 0.1) is 0 Å². The van der Waals surface area contributed by atoms with Crippen LogP contribution in [0.15, 0.2) is 53.8 Å². The molecule has 0 unspecified atom stereocenters. The van der Waals surface area contributed by atoms with Gasteiger partial charge in [0.2, 0.25) is 0 Å². The first-order chi connectivity index (χ1) is 13.3. The van der Waals surface area contributed by atoms with Crippen LogP contribution in [0.5, 0.6) is 0 Å². The summed E-state index contributed by atoms with van der Waals surface area (Å²) in [6.07, 6.45) is 1.55. The summed E-state index contributed by atoms with van der Waals surface area (Å²) >= 11 is 1.93. The second-order valence-corrected chi connectivity index (χ2v) is 7.22. The van der Waals surface area contributed by atoms with E-state index < -0.39 is 0 Å². The SMILES string of the molecule is CCNC(=NCc1ncnn1C)NCCSCc1cccc2ccccc12. The molecule has 6 nitrogen and oxygen atoms in total. The molecule has 3 rings (SSSR count). The molecule has 0 saturated carbocycles. The number of nitrogens with zero attached hydrogens (tertiary/aromatic N) is 4. The summed E-state index contributed by atoms with van der Waals surface area (Å²) in [5, 5.41) is 13.4. The van der Waals surface area contributed by atoms with Gasteiger partial charge in [0.25, 0.3) is 0 Å². The number of benzene rings is 2. The van der Waals surface area contributed by atoms with Gasteiger partial charge in [-0.3, -0.25) is 4.68 Å². The van der Waals surface area contributed by atoms with E-state index in [1.165, 1.54) is 16.3 Å². The van der Waals surface area contributed by atoms with Gasteiger partial charge in [0, 0.05) is 31.6 Å². The van der Waals surface area contributed by atoms with E-state index in [2.05, 4.69) is 75.1 Å². The molecule has 142 valence electrons. The molecule has 1 heterocycles. The number of nitrogens with one attached hydrogen (secondary N) is 2. The quantitative estimate of drug-likeness (QED) is 0.356. The molecule has 3 aromatic rings. The van der Waals surface area contributed by atoms with Crippen LogP contribution in [0.25, 0.3) is 10.8 Å². The van der Waals surface area contributed by atoms with Gasteiger partial charge in [-0.05, 0) is 23.3 Å². The van der Waals surface area contributed by atoms with Crippen molar-refractivity contribution in [1.29, 1.82) is 0 Å². The summed E-state index contributed by atoms with van der Waals surface area (Å²) in [7, 11) is 1.88. The number of guanidine groups is 1. The van der Waals surface area contributed by atoms with E-state index in [0.29, 0.717) is 6.54 Å². The maximum atomic E-state index is 4.58. The van der Waals surface area contributed by atoms with Crippen LogP contribution in [0.3, 0.4) is 0 Å². The van der Waals surface area contributed by atoms with Crippen LogP contribution < -0.4 is 10.6 Å². The van der Waals surface area contributed by atoms with Crippen molar-refractivity contribution in [1.82, 2.24) is 25.4 Å². The zero-order valence-corrected chi connectivity index (χ0v) is 16.7. The lowest BCUT2D eigenvalue weighted by Crippen LogP contribution is -2.38. The molecule has 0 radical (unpaired) electrons. The van der Waals surface area contributed by atoms with Crippen molar-refractivity contribution >= 4 is 28.5 Å². The van der Waals surface area contributed by atoms with Crippen LogP contribution in [-0.2, 0) is 19.3 Å². The first-order valence-corrected chi connectivity index (χ1v) is 10.3. The second kappa shape index (κ2) is 9.97. The maximum Gasteiger partial charge on any atom is 0.191 e. The van der Waals surface area contributed by atoms with E-state index in [-0.39, 0.29) is 0 Å². The number of aliphatic imine (C=N–C) groups is 1. The number of aryl methyl sites for hydroxylation is 1. The molecule has 0 amide bonds. The molecular formula is C20H26N6S. The lowest BCUT2D eigenvalue weighted by Gasteiger charge is -2.11. The third kappa shape index (κ3) is 5.47. The van der Waals surface area contributed by atoms with E-state index >= 15 is 0 Å². The first-order valence-electron chi connectivity index (χ1n) is 9.17. The van der Waals surface area contributed by atoms with Crippen LogP contribution >= 0.6 is 11.8 Å². The minimum Gasteiger partial charge on any atom is -0.357 e. The molecule has 0 atom stereocenters. The van der Waals surface area contributed by atoms with Gasteiger partial charge in [-0.25, -0.2) is 9.98 Å². The van der Waals surface area contributed by atoms with Gasteiger partial charge >= 0.3 is 0 Å². The molecule has 0 aliphatic rings. The highest BCUT2D eigenvalue weighted by Crippen LogP contribution is 2.22. The monoisotopic (exact) mass is 382 g/mol. The van der Waals surface area contributed by atoms with Gasteiger partial charge in [-0.2, -0.15) is 16.9 Å². The Kier molecular flexibility index (Phi) is 7.10. The molecule has 2 N–H and O–H groups in total. The highest BCUT2D eigenvalue weighted by atomic mass is 32.2. The fourth-order valence-electron chi connectivity index (χ4n) is 2.80. The summed E-state index contributed by atoms with van der Waals surface area (Å²) in [4.78, 5) is 8.78. The zero-order chi connectivity index (χ0) is 18.9. The molecule has 0 fully saturated rings. The third-order valence-corrected chi connectivity index (χ3v) is 5.21. The fourth-order valence-corrected chi connectivity index (χ4v) is 3.66. The van der Waals surface area contributed by atoms with E-state index in [1.807, 2.05) is 18.8 Å². The molecular weight excluding hydrogens is 356 g/mol. The second-order valence-electron chi connectivity index (χ2n) is 6.11. The Labute approximate surface area is 164 Å². The summed E-state index contributed by atoms with van der Waals surface area (Å²) < 4.78 is 1.74. The highest BCUT2D eigenvalue weighted by molar-refractivity contribution is 7.98. The maximum absolute atomic E-state index is 4.58. The third-order valence-electron chi connectivity index (χ3n) is 4.20. The Balaban J connectivity index is 1.47. The van der Waals surface area contributed by atoms with Gasteiger partial charge in [0.15, 0.2) is 5.96 Å². The van der Waals surface area contributed by atoms with Crippen molar-refractivity contribution in [2.75, 3.05) is 18.8 Å². The average Bonchev–Trinajstić information content (AvgIpc) is 3.10. The van der Waals surface area contributed by atoms with Gasteiger partial charge < -0.3 is 10.6 Å². The van der Waals surface area contributed by atoms with Gasteiger partial charge in [0.05, 0.1) is 0 Å². The van der Waals surface area contributed by atoms with Crippen LogP contribution in [0.1, 0.15) is 18.3 Å². The number of hydrogen-bond donors (Lipinski definition) is 2. The number of hydrogen-bond acceptors (Lipinski definition) is 4. The molecule has 27 heavy (non-hydrogen) atoms. The summed E-state index contributed by atoms with van der Waals surface area (Å²) in [6.45, 7) is 4.26. The molecule has 0 bridgehead atoms. The lowest BCUT2D eigenvalue weighted by molar-refractivity contribution is 0.698. The Bertz CT molecular complexity index is 884. The van der Waals surface area contributed by atoms with Gasteiger partial charge in [-0.1, -0.05) is 42.5 Å². The topological polar surface area (TPSA) is 67.1 Å². The molecule has 0 spiro atoms. The molecule has 1 aromatic heterocycles. The van der Waals surface area contributed by atoms with Crippen molar-refractivity contribution in [3.63, 3.8) is 0 Å². The molecule has 0 saturated heterocycles. The van der Waals surface area contributed by atoms with Gasteiger partial charge in [0.1, 0.15) is 18.7 Å². The number of fused-ring (bicyclic) bond motifs is 1. The minimum atomic E-state index is 0.509. The molecule has 0 aliphatic heterocycles. The number of thioether (sulfide) groups is 1. The Hall–Kier alpha value is -2.54. The Morgan fingerprint density at radius 1 is 1.15 bits per heavy atom. The van der Waals surface area contributed by atoms with Crippen molar-refractivity contribution in [2.24, 2.45) is 12.0 Å². The standard InChI is InChI=1S/C20H26N6S/c1-3-21-20(23-13-19-24-15-25-26(19)2)22-11-12-27-14-17-9-6-8-16-7-4-5-10-18(16)17/h4-10,15H,3,11-14H2,1-2H3,(H2,21,22,23). The van der Waals surface area contributed by atoms with Gasteiger partial charge in [-0.15, -0.1) is 0 Å². The summed E-state index contributed by atoms with van der Waals surface area (Å²) in [6, 6.07) is 15.1. The fraction of sp³-hybridized carbons (Fsp3) is 0.350. The first kappa shape index (κ1) is 19.2. The largest absolute Gasteiger partial charge is 0.357 e. The molecule has 2 aromatic carbocycles. The van der Waals surface area contributed by atoms with Crippen LogP contribution in [0.4, 0.5) is 0 Å². The van der Waals surface area contributed by atoms with E-state index in [4.69, 9.17) is 0 Å². The summed E-state index contributed by atoms with van der Waals surface area (Å²) in [5.41, 5.74) is 1.39. The number of rotatable bonds is 8. The van der Waals surface area contributed by atoms with E-state index in [9.17, 15) is 0 Å². The molecule has 7 heteroatoms. The number of aromatic nitrogens is 3. The predicted molar refractivity (Wildman–Crippen MR) is 114 cm³/mol. The summed E-state index contributed by atoms with van der Waals surface area (Å²) in [5.74, 6) is 3.68. The average molecular weight is 383 g/mol. The van der Waals surface area contributed by atoms with Crippen molar-refractivity contribution in [3.05, 3.63) is 60.2 Å². The van der Waals surface area contributed by atoms with E-state index in [0.717, 1.165) is 36.4 Å². The van der Waals surface area contributed by atoms with E-state index in [1.54, 1.807) is 11.0 Å². The van der Waals surface area contributed by atoms with Crippen molar-refractivity contribution < 1.29 is 0 Å².